The molecule has 13 rings (SSSR count). The Kier molecular flexibility index (Phi) is 17.5. The van der Waals surface area contributed by atoms with E-state index in [1.165, 1.54) is 17.7 Å². The Bertz CT molecular complexity index is 4010. The summed E-state index contributed by atoms with van der Waals surface area (Å²) in [6.45, 7) is 17.8. The lowest BCUT2D eigenvalue weighted by molar-refractivity contribution is 0.00578. The number of fused-ring (bicyclic) bond motifs is 4. The van der Waals surface area contributed by atoms with Crippen LogP contribution < -0.4 is 10.6 Å². The number of amides is 2. The smallest absolute Gasteiger partial charge is 0.445 e. The number of carbonyl (C=O) groups is 2. The van der Waals surface area contributed by atoms with Gasteiger partial charge in [-0.1, -0.05) is 80.2 Å². The fraction of sp³-hybridized carbons (Fsp3) is 0.270. The molecule has 9 heterocycles. The first-order valence-corrected chi connectivity index (χ1v) is 31.2. The number of nitrogens with one attached hydrogen (secondary N) is 2. The third-order valence-corrected chi connectivity index (χ3v) is 19.9. The predicted octanol–water partition coefficient (Wildman–Crippen LogP) is 17.3. The van der Waals surface area contributed by atoms with Crippen LogP contribution in [0.4, 0.5) is 32.3 Å². The molecular weight excluding hydrogens is 1230 g/mol. The molecule has 1 saturated heterocycles. The van der Waals surface area contributed by atoms with Gasteiger partial charge in [0.15, 0.2) is 0 Å². The summed E-state index contributed by atoms with van der Waals surface area (Å²) in [6.07, 6.45) is 7.17. The normalized spacial score (nSPS) is 16.4. The minimum Gasteiger partial charge on any atom is -0.445 e. The van der Waals surface area contributed by atoms with Gasteiger partial charge in [0.1, 0.15) is 22.9 Å². The molecule has 4 aromatic carbocycles. The fourth-order valence-corrected chi connectivity index (χ4v) is 14.2. The molecule has 3 aliphatic rings. The topological polar surface area (TPSA) is 153 Å². The van der Waals surface area contributed by atoms with Gasteiger partial charge in [-0.05, 0) is 161 Å². The van der Waals surface area contributed by atoms with Gasteiger partial charge in [0.2, 0.25) is 0 Å². The maximum absolute atomic E-state index is 13.0. The van der Waals surface area contributed by atoms with E-state index in [1.807, 2.05) is 144 Å². The first-order valence-electron chi connectivity index (χ1n) is 26.7. The van der Waals surface area contributed by atoms with E-state index >= 15 is 0 Å². The molecule has 0 saturated carbocycles. The molecule has 0 radical (unpaired) electrons. The number of ether oxygens (including phenoxy) is 2. The Hall–Kier alpha value is -6.79. The van der Waals surface area contributed by atoms with E-state index in [0.29, 0.717) is 13.1 Å². The highest BCUT2D eigenvalue weighted by Gasteiger charge is 2.57. The van der Waals surface area contributed by atoms with E-state index in [-0.39, 0.29) is 32.8 Å². The zero-order chi connectivity index (χ0) is 57.4. The van der Waals surface area contributed by atoms with Crippen molar-refractivity contribution < 1.29 is 28.4 Å². The summed E-state index contributed by atoms with van der Waals surface area (Å²) in [5.74, 6) is 0. The van der Waals surface area contributed by atoms with Crippen molar-refractivity contribution in [2.24, 2.45) is 0 Å². The molecule has 6 aromatic heterocycles. The molecule has 0 bridgehead atoms. The van der Waals surface area contributed by atoms with Crippen LogP contribution in [0.15, 0.2) is 162 Å². The van der Waals surface area contributed by atoms with Crippen LogP contribution in [0.25, 0.3) is 46.4 Å². The Morgan fingerprint density at radius 1 is 0.602 bits per heavy atom. The standard InChI is InChI=1S/C28H24N4O2S2.C20H28BNO4.C14H8IN3S2.CH4/c1-28(2)21(11-13-32(28)27(33)34-16-18-6-4-3-5-7-18)25-15-20-22(10-12-29-26(20)36-25)31-19-8-9-24-23(14-19)30-17-35-24;1-18(2)16(21-25-19(3,4)20(5,6)26-21)12-13-22(18)17(23)24-14-15-10-8-7-9-11-15;15-13-6-9-10(3-4-16-14(9)20-13)18-8-1-2-12-11(5-8)17-7-19-12;/h3-12,14-15,17H,13,16H2,1-2H3,(H,29,31);7-12H,13-14H2,1-6H3;1-7H,(H,16,18);1H4. The van der Waals surface area contributed by atoms with Crippen molar-refractivity contribution in [2.45, 2.75) is 98.3 Å². The first kappa shape index (κ1) is 59.4. The molecule has 426 valence electrons. The number of thiazole rings is 2. The second kappa shape index (κ2) is 24.4. The minimum atomic E-state index is -0.533. The summed E-state index contributed by atoms with van der Waals surface area (Å²) in [4.78, 5) is 50.0. The van der Waals surface area contributed by atoms with E-state index in [1.54, 1.807) is 55.1 Å². The summed E-state index contributed by atoms with van der Waals surface area (Å²) in [7, 11) is -0.457. The number of halogens is 1. The van der Waals surface area contributed by atoms with Gasteiger partial charge in [0.25, 0.3) is 0 Å². The number of pyridine rings is 2. The molecule has 2 N–H and O–H groups in total. The Morgan fingerprint density at radius 3 is 1.61 bits per heavy atom. The SMILES string of the molecule is C.CC1(C)C(B2OC(C)(C)C(C)(C)O2)=CCN1C(=O)OCc1ccccc1.CC1(C)C(c2cc3c(Nc4ccc5scnc5c4)ccnc3s2)=CCN1C(=O)OCc1ccccc1.Ic1cc2c(Nc3ccc4scnc4c3)ccnc2s1. The van der Waals surface area contributed by atoms with Crippen molar-refractivity contribution in [1.82, 2.24) is 29.7 Å². The van der Waals surface area contributed by atoms with Crippen molar-refractivity contribution in [2.75, 3.05) is 23.7 Å². The average Bonchev–Trinajstić information content (AvgIpc) is 2.67. The summed E-state index contributed by atoms with van der Waals surface area (Å²) in [5.41, 5.74) is 12.0. The summed E-state index contributed by atoms with van der Waals surface area (Å²) < 4.78 is 27.1. The largest absolute Gasteiger partial charge is 0.492 e. The van der Waals surface area contributed by atoms with Gasteiger partial charge in [0, 0.05) is 52.5 Å². The third-order valence-electron chi connectivity index (χ3n) is 15.4. The van der Waals surface area contributed by atoms with E-state index < -0.39 is 29.4 Å². The summed E-state index contributed by atoms with van der Waals surface area (Å²) in [6, 6.07) is 40.3. The van der Waals surface area contributed by atoms with Crippen LogP contribution in [0, 0.1) is 2.88 Å². The van der Waals surface area contributed by atoms with Crippen LogP contribution >= 0.6 is 67.9 Å². The number of carbonyl (C=O) groups excluding carboxylic acids is 2. The molecule has 3 aliphatic heterocycles. The first-order chi connectivity index (χ1) is 39.3. The number of nitrogens with zero attached hydrogens (tertiary/aromatic N) is 6. The van der Waals surface area contributed by atoms with Crippen molar-refractivity contribution in [3.8, 4) is 0 Å². The Morgan fingerprint density at radius 2 is 1.08 bits per heavy atom. The number of aromatic nitrogens is 4. The third kappa shape index (κ3) is 12.7. The van der Waals surface area contributed by atoms with Crippen LogP contribution in [-0.2, 0) is 32.0 Å². The average molecular weight is 1300 g/mol. The van der Waals surface area contributed by atoms with E-state index in [0.717, 1.165) is 75.9 Å². The maximum atomic E-state index is 13.0. The Balaban J connectivity index is 0.000000145. The monoisotopic (exact) mass is 1290 g/mol. The molecule has 14 nitrogen and oxygen atoms in total. The van der Waals surface area contributed by atoms with Gasteiger partial charge in [-0.3, -0.25) is 9.80 Å². The molecule has 0 unspecified atom stereocenters. The van der Waals surface area contributed by atoms with Gasteiger partial charge >= 0.3 is 19.3 Å². The van der Waals surface area contributed by atoms with E-state index in [2.05, 4.69) is 122 Å². The molecule has 20 heteroatoms. The number of hydrogen-bond acceptors (Lipinski definition) is 16. The lowest BCUT2D eigenvalue weighted by Gasteiger charge is -2.34. The van der Waals surface area contributed by atoms with Crippen LogP contribution in [0.5, 0.6) is 0 Å². The molecule has 83 heavy (non-hydrogen) atoms. The van der Waals surface area contributed by atoms with Crippen molar-refractivity contribution >= 4 is 156 Å². The molecule has 1 fully saturated rings. The zero-order valence-corrected chi connectivity index (χ0v) is 52.0. The number of benzene rings is 4. The van der Waals surface area contributed by atoms with E-state index in [4.69, 9.17) is 18.8 Å². The zero-order valence-electron chi connectivity index (χ0n) is 46.6. The summed E-state index contributed by atoms with van der Waals surface area (Å²) >= 11 is 8.98. The lowest BCUT2D eigenvalue weighted by atomic mass is 9.69. The molecule has 2 amide bonds. The Labute approximate surface area is 513 Å². The summed E-state index contributed by atoms with van der Waals surface area (Å²) in [5, 5.41) is 9.23. The highest BCUT2D eigenvalue weighted by Crippen LogP contribution is 2.45. The van der Waals surface area contributed by atoms with Gasteiger partial charge in [0.05, 0.1) is 68.0 Å². The minimum absolute atomic E-state index is 0. The van der Waals surface area contributed by atoms with Crippen molar-refractivity contribution in [1.29, 1.82) is 0 Å². The number of rotatable bonds is 10. The second-order valence-electron chi connectivity index (χ2n) is 21.9. The molecular formula is C63H64BIN8O6S4. The lowest BCUT2D eigenvalue weighted by Crippen LogP contribution is -2.48. The van der Waals surface area contributed by atoms with Crippen LogP contribution in [0.1, 0.15) is 78.8 Å². The number of hydrogen-bond donors (Lipinski definition) is 2. The quantitative estimate of drug-likeness (QED) is 0.0990. The van der Waals surface area contributed by atoms with Crippen LogP contribution in [0.2, 0.25) is 0 Å². The van der Waals surface area contributed by atoms with Gasteiger partial charge in [-0.2, -0.15) is 0 Å². The highest BCUT2D eigenvalue weighted by atomic mass is 127. The van der Waals surface area contributed by atoms with Gasteiger partial charge < -0.3 is 29.4 Å². The predicted molar refractivity (Wildman–Crippen MR) is 351 cm³/mol. The molecule has 0 spiro atoms. The second-order valence-corrected chi connectivity index (χ2v) is 27.6. The molecule has 0 atom stereocenters. The molecule has 0 aliphatic carbocycles. The maximum Gasteiger partial charge on any atom is 0.492 e. The van der Waals surface area contributed by atoms with E-state index in [9.17, 15) is 9.59 Å². The van der Waals surface area contributed by atoms with Gasteiger partial charge in [-0.25, -0.2) is 29.5 Å². The molecule has 10 aromatic rings. The fourth-order valence-electron chi connectivity index (χ4n) is 9.97. The van der Waals surface area contributed by atoms with Crippen LogP contribution in [0.3, 0.4) is 0 Å². The number of anilines is 4. The highest BCUT2D eigenvalue weighted by molar-refractivity contribution is 14.1. The van der Waals surface area contributed by atoms with Crippen molar-refractivity contribution in [3.05, 3.63) is 181 Å². The van der Waals surface area contributed by atoms with Crippen molar-refractivity contribution in [3.63, 3.8) is 0 Å². The number of thiophene rings is 2. The van der Waals surface area contributed by atoms with Gasteiger partial charge in [-0.15, -0.1) is 45.3 Å². The van der Waals surface area contributed by atoms with Crippen LogP contribution in [-0.4, -0.2) is 84.4 Å².